The maximum absolute atomic E-state index is 11.6. The number of pyridine rings is 1. The van der Waals surface area contributed by atoms with Crippen LogP contribution in [0.2, 0.25) is 0 Å². The van der Waals surface area contributed by atoms with Gasteiger partial charge in [-0.3, -0.25) is 4.79 Å². The molecule has 22 heavy (non-hydrogen) atoms. The highest BCUT2D eigenvalue weighted by Crippen LogP contribution is 2.30. The van der Waals surface area contributed by atoms with Gasteiger partial charge in [0.1, 0.15) is 11.9 Å². The van der Waals surface area contributed by atoms with Gasteiger partial charge in [0.15, 0.2) is 5.82 Å². The molecule has 3 rings (SSSR count). The minimum Gasteiger partial charge on any atom is -0.396 e. The van der Waals surface area contributed by atoms with Gasteiger partial charge in [-0.1, -0.05) is 0 Å². The van der Waals surface area contributed by atoms with Crippen LogP contribution in [0, 0.1) is 0 Å². The van der Waals surface area contributed by atoms with E-state index in [1.165, 1.54) is 0 Å². The molecule has 1 amide bonds. The molecule has 3 atom stereocenters. The summed E-state index contributed by atoms with van der Waals surface area (Å²) >= 11 is 0. The molecule has 1 aromatic rings. The molecule has 6 N–H and O–H groups in total. The van der Waals surface area contributed by atoms with Gasteiger partial charge in [-0.15, -0.1) is 0 Å². The Bertz CT molecular complexity index is 582. The van der Waals surface area contributed by atoms with E-state index in [0.717, 1.165) is 0 Å². The number of hydrogen-bond donors (Lipinski definition) is 4. The molecule has 3 heterocycles. The standard InChI is InChI=1S/C14H21N5O3/c15-10-1-2-12(17-14(10)18-4-3-8(20)6-18)19-7-9(21)5-11(19)13(16)22/h1-2,8-9,11,20-21H,3-7,15H2,(H2,16,22). The molecular weight excluding hydrogens is 286 g/mol. The van der Waals surface area contributed by atoms with Gasteiger partial charge in [-0.05, 0) is 18.6 Å². The molecule has 3 unspecified atom stereocenters. The summed E-state index contributed by atoms with van der Waals surface area (Å²) in [7, 11) is 0. The fourth-order valence-corrected chi connectivity index (χ4v) is 3.13. The van der Waals surface area contributed by atoms with Crippen molar-refractivity contribution in [2.24, 2.45) is 5.73 Å². The Kier molecular flexibility index (Phi) is 3.79. The first kappa shape index (κ1) is 14.9. The fourth-order valence-electron chi connectivity index (χ4n) is 3.13. The second kappa shape index (κ2) is 5.62. The summed E-state index contributed by atoms with van der Waals surface area (Å²) in [6.07, 6.45) is 0.00218. The van der Waals surface area contributed by atoms with E-state index in [1.54, 1.807) is 17.0 Å². The number of nitrogens with two attached hydrogens (primary N) is 2. The van der Waals surface area contributed by atoms with Crippen molar-refractivity contribution in [2.75, 3.05) is 35.2 Å². The average molecular weight is 307 g/mol. The van der Waals surface area contributed by atoms with Crippen LogP contribution in [0.4, 0.5) is 17.3 Å². The molecule has 120 valence electrons. The van der Waals surface area contributed by atoms with Crippen molar-refractivity contribution in [1.29, 1.82) is 0 Å². The van der Waals surface area contributed by atoms with Crippen molar-refractivity contribution in [3.63, 3.8) is 0 Å². The first-order valence-corrected chi connectivity index (χ1v) is 7.39. The first-order chi connectivity index (χ1) is 10.5. The van der Waals surface area contributed by atoms with Crippen LogP contribution >= 0.6 is 0 Å². The number of β-amino-alcohol motifs (C(OH)–C–C–N with tert-alkyl or cyclic N) is 2. The number of nitrogens with zero attached hydrogens (tertiary/aromatic N) is 3. The summed E-state index contributed by atoms with van der Waals surface area (Å²) in [5, 5.41) is 19.5. The maximum atomic E-state index is 11.6. The number of anilines is 3. The van der Waals surface area contributed by atoms with E-state index in [9.17, 15) is 15.0 Å². The van der Waals surface area contributed by atoms with Crippen LogP contribution < -0.4 is 21.3 Å². The highest BCUT2D eigenvalue weighted by atomic mass is 16.3. The molecule has 8 heteroatoms. The van der Waals surface area contributed by atoms with Gasteiger partial charge >= 0.3 is 0 Å². The number of aromatic nitrogens is 1. The van der Waals surface area contributed by atoms with E-state index in [2.05, 4.69) is 4.98 Å². The quantitative estimate of drug-likeness (QED) is 0.544. The molecule has 2 fully saturated rings. The maximum Gasteiger partial charge on any atom is 0.240 e. The molecule has 0 aromatic carbocycles. The van der Waals surface area contributed by atoms with Crippen molar-refractivity contribution >= 4 is 23.2 Å². The number of rotatable bonds is 3. The number of nitrogen functional groups attached to an aromatic ring is 1. The van der Waals surface area contributed by atoms with Crippen LogP contribution in [0.5, 0.6) is 0 Å². The zero-order valence-corrected chi connectivity index (χ0v) is 12.2. The summed E-state index contributed by atoms with van der Waals surface area (Å²) in [5.74, 6) is 0.679. The van der Waals surface area contributed by atoms with Crippen LogP contribution in [0.25, 0.3) is 0 Å². The molecule has 0 bridgehead atoms. The smallest absolute Gasteiger partial charge is 0.240 e. The monoisotopic (exact) mass is 307 g/mol. The minimum absolute atomic E-state index is 0.305. The van der Waals surface area contributed by atoms with Gasteiger partial charge < -0.3 is 31.5 Å². The van der Waals surface area contributed by atoms with Gasteiger partial charge in [0, 0.05) is 26.1 Å². The minimum atomic E-state index is -0.603. The second-order valence-electron chi connectivity index (χ2n) is 5.93. The Balaban J connectivity index is 1.90. The zero-order chi connectivity index (χ0) is 15.9. The zero-order valence-electron chi connectivity index (χ0n) is 12.2. The number of hydrogen-bond acceptors (Lipinski definition) is 7. The highest BCUT2D eigenvalue weighted by Gasteiger charge is 2.36. The summed E-state index contributed by atoms with van der Waals surface area (Å²) in [6.45, 7) is 1.48. The number of primary amides is 1. The molecule has 1 aromatic heterocycles. The molecule has 0 spiro atoms. The van der Waals surface area contributed by atoms with E-state index < -0.39 is 18.1 Å². The molecule has 8 nitrogen and oxygen atoms in total. The van der Waals surface area contributed by atoms with Crippen LogP contribution in [0.15, 0.2) is 12.1 Å². The third kappa shape index (κ3) is 2.67. The number of aliphatic hydroxyl groups is 2. The lowest BCUT2D eigenvalue weighted by Crippen LogP contribution is -2.41. The van der Waals surface area contributed by atoms with E-state index in [0.29, 0.717) is 49.8 Å². The molecule has 2 aliphatic heterocycles. The van der Waals surface area contributed by atoms with Crippen molar-refractivity contribution < 1.29 is 15.0 Å². The Hall–Kier alpha value is -2.06. The normalized spacial score (nSPS) is 28.4. The first-order valence-electron chi connectivity index (χ1n) is 7.39. The van der Waals surface area contributed by atoms with Gasteiger partial charge in [-0.25, -0.2) is 4.98 Å². The third-order valence-corrected chi connectivity index (χ3v) is 4.26. The average Bonchev–Trinajstić information content (AvgIpc) is 3.05. The Morgan fingerprint density at radius 3 is 2.68 bits per heavy atom. The third-order valence-electron chi connectivity index (χ3n) is 4.26. The van der Waals surface area contributed by atoms with Crippen LogP contribution in [0.1, 0.15) is 12.8 Å². The lowest BCUT2D eigenvalue weighted by molar-refractivity contribution is -0.119. The Labute approximate surface area is 128 Å². The summed E-state index contributed by atoms with van der Waals surface area (Å²) in [5.41, 5.74) is 11.9. The van der Waals surface area contributed by atoms with Crippen LogP contribution in [-0.2, 0) is 4.79 Å². The lowest BCUT2D eigenvalue weighted by Gasteiger charge is -2.26. The number of amides is 1. The Morgan fingerprint density at radius 1 is 1.27 bits per heavy atom. The van der Waals surface area contributed by atoms with Crippen molar-refractivity contribution in [1.82, 2.24) is 4.98 Å². The van der Waals surface area contributed by atoms with E-state index >= 15 is 0 Å². The van der Waals surface area contributed by atoms with Gasteiger partial charge in [0.05, 0.1) is 17.9 Å². The topological polar surface area (TPSA) is 129 Å². The van der Waals surface area contributed by atoms with Crippen molar-refractivity contribution in [2.45, 2.75) is 31.1 Å². The number of carbonyl (C=O) groups excluding carboxylic acids is 1. The highest BCUT2D eigenvalue weighted by molar-refractivity contribution is 5.84. The van der Waals surface area contributed by atoms with Crippen molar-refractivity contribution in [3.05, 3.63) is 12.1 Å². The molecule has 2 aliphatic rings. The SMILES string of the molecule is NC(=O)C1CC(O)CN1c1ccc(N)c(N2CCC(O)C2)n1. The predicted molar refractivity (Wildman–Crippen MR) is 82.4 cm³/mol. The summed E-state index contributed by atoms with van der Waals surface area (Å²) < 4.78 is 0. The van der Waals surface area contributed by atoms with Gasteiger partial charge in [-0.2, -0.15) is 0 Å². The largest absolute Gasteiger partial charge is 0.396 e. The number of carbonyl (C=O) groups is 1. The predicted octanol–water partition coefficient (Wildman–Crippen LogP) is -1.34. The van der Waals surface area contributed by atoms with E-state index in [4.69, 9.17) is 11.5 Å². The van der Waals surface area contributed by atoms with Crippen molar-refractivity contribution in [3.8, 4) is 0 Å². The molecule has 2 saturated heterocycles. The lowest BCUT2D eigenvalue weighted by atomic mass is 10.2. The fraction of sp³-hybridized carbons (Fsp3) is 0.571. The molecule has 0 aliphatic carbocycles. The summed E-state index contributed by atoms with van der Waals surface area (Å²) in [6, 6.07) is 2.88. The molecule has 0 saturated carbocycles. The molecular formula is C14H21N5O3. The Morgan fingerprint density at radius 2 is 2.05 bits per heavy atom. The van der Waals surface area contributed by atoms with Gasteiger partial charge in [0.25, 0.3) is 0 Å². The summed E-state index contributed by atoms with van der Waals surface area (Å²) in [4.78, 5) is 19.7. The van der Waals surface area contributed by atoms with Crippen LogP contribution in [-0.4, -0.2) is 59.0 Å². The van der Waals surface area contributed by atoms with Crippen LogP contribution in [0.3, 0.4) is 0 Å². The second-order valence-corrected chi connectivity index (χ2v) is 5.93. The van der Waals surface area contributed by atoms with E-state index in [-0.39, 0.29) is 6.10 Å². The number of aliphatic hydroxyl groups excluding tert-OH is 2. The molecule has 0 radical (unpaired) electrons. The van der Waals surface area contributed by atoms with E-state index in [1.807, 2.05) is 4.90 Å². The van der Waals surface area contributed by atoms with Gasteiger partial charge in [0.2, 0.25) is 5.91 Å².